The highest BCUT2D eigenvalue weighted by Gasteiger charge is 2.12. The molecule has 1 aromatic heterocycles. The molecule has 25 heavy (non-hydrogen) atoms. The van der Waals surface area contributed by atoms with Crippen LogP contribution in [-0.4, -0.2) is 11.0 Å². The molecule has 3 rings (SSSR count). The summed E-state index contributed by atoms with van der Waals surface area (Å²) in [7, 11) is 0. The second kappa shape index (κ2) is 7.51. The number of hydrogen-bond donors (Lipinski definition) is 2. The molecule has 0 saturated carbocycles. The monoisotopic (exact) mass is 377 g/mol. The number of anilines is 1. The van der Waals surface area contributed by atoms with Gasteiger partial charge in [-0.05, 0) is 54.6 Å². The minimum Gasteiger partial charge on any atom is -0.508 e. The van der Waals surface area contributed by atoms with Crippen LogP contribution in [0.4, 0.5) is 5.69 Å². The summed E-state index contributed by atoms with van der Waals surface area (Å²) >= 11 is 11.9. The van der Waals surface area contributed by atoms with Crippen molar-refractivity contribution in [3.63, 3.8) is 0 Å². The van der Waals surface area contributed by atoms with Crippen LogP contribution in [0.2, 0.25) is 10.0 Å². The van der Waals surface area contributed by atoms with Crippen molar-refractivity contribution in [2.24, 2.45) is 0 Å². The van der Waals surface area contributed by atoms with Crippen molar-refractivity contribution in [3.8, 4) is 11.5 Å². The molecule has 5 nitrogen and oxygen atoms in total. The second-order valence-electron chi connectivity index (χ2n) is 5.13. The zero-order valence-corrected chi connectivity index (χ0v) is 14.3. The highest BCUT2D eigenvalue weighted by atomic mass is 35.5. The first kappa shape index (κ1) is 17.2. The molecule has 0 aliphatic heterocycles. The zero-order chi connectivity index (χ0) is 17.8. The minimum atomic E-state index is -0.401. The van der Waals surface area contributed by atoms with Crippen molar-refractivity contribution >= 4 is 34.8 Å². The number of aromatic hydroxyl groups is 1. The van der Waals surface area contributed by atoms with Crippen molar-refractivity contribution < 1.29 is 19.1 Å². The van der Waals surface area contributed by atoms with Gasteiger partial charge in [-0.2, -0.15) is 0 Å². The lowest BCUT2D eigenvalue weighted by atomic mass is 10.3. The first-order valence-electron chi connectivity index (χ1n) is 7.28. The Kier molecular flexibility index (Phi) is 5.16. The number of nitrogens with one attached hydrogen (secondary N) is 1. The molecule has 0 bridgehead atoms. The first-order chi connectivity index (χ1) is 12.0. The standard InChI is InChI=1S/C18H13Cl2NO4/c19-11-1-7-16(15(20)9-11)24-10-14-6-8-17(25-14)18(23)21-12-2-4-13(22)5-3-12/h1-9,22H,10H2,(H,21,23). The quantitative estimate of drug-likeness (QED) is 0.605. The molecule has 128 valence electrons. The van der Waals surface area contributed by atoms with E-state index in [0.717, 1.165) is 0 Å². The number of halogens is 2. The van der Waals surface area contributed by atoms with Crippen LogP contribution in [0, 0.1) is 0 Å². The zero-order valence-electron chi connectivity index (χ0n) is 12.8. The molecule has 0 fully saturated rings. The fourth-order valence-corrected chi connectivity index (χ4v) is 2.52. The topological polar surface area (TPSA) is 71.7 Å². The van der Waals surface area contributed by atoms with Gasteiger partial charge in [-0.3, -0.25) is 4.79 Å². The largest absolute Gasteiger partial charge is 0.508 e. The van der Waals surface area contributed by atoms with Crippen molar-refractivity contribution in [1.29, 1.82) is 0 Å². The number of hydrogen-bond acceptors (Lipinski definition) is 4. The molecule has 0 aliphatic carbocycles. The predicted octanol–water partition coefficient (Wildman–Crippen LogP) is 5.12. The number of phenolic OH excluding ortho intramolecular Hbond substituents is 1. The van der Waals surface area contributed by atoms with Gasteiger partial charge >= 0.3 is 0 Å². The lowest BCUT2D eigenvalue weighted by molar-refractivity contribution is 0.0992. The summed E-state index contributed by atoms with van der Waals surface area (Å²) in [5, 5.41) is 12.8. The van der Waals surface area contributed by atoms with Crippen molar-refractivity contribution in [2.75, 3.05) is 5.32 Å². The molecule has 0 atom stereocenters. The van der Waals surface area contributed by atoms with Gasteiger partial charge in [0.1, 0.15) is 23.9 Å². The van der Waals surface area contributed by atoms with E-state index in [4.69, 9.17) is 32.4 Å². The number of furan rings is 1. The fourth-order valence-electron chi connectivity index (χ4n) is 2.06. The maximum absolute atomic E-state index is 12.1. The SMILES string of the molecule is O=C(Nc1ccc(O)cc1)c1ccc(COc2ccc(Cl)cc2Cl)o1. The third-order valence-electron chi connectivity index (χ3n) is 3.27. The molecule has 0 saturated heterocycles. The average molecular weight is 378 g/mol. The van der Waals surface area contributed by atoms with Crippen molar-refractivity contribution in [2.45, 2.75) is 6.61 Å². The van der Waals surface area contributed by atoms with Gasteiger partial charge in [-0.15, -0.1) is 0 Å². The average Bonchev–Trinajstić information content (AvgIpc) is 3.05. The Morgan fingerprint density at radius 1 is 1.08 bits per heavy atom. The van der Waals surface area contributed by atoms with Crippen LogP contribution in [0.5, 0.6) is 11.5 Å². The summed E-state index contributed by atoms with van der Waals surface area (Å²) in [4.78, 5) is 12.1. The van der Waals surface area contributed by atoms with Crippen LogP contribution in [0.15, 0.2) is 59.0 Å². The van der Waals surface area contributed by atoms with E-state index in [9.17, 15) is 9.90 Å². The van der Waals surface area contributed by atoms with E-state index in [1.54, 1.807) is 42.5 Å². The highest BCUT2D eigenvalue weighted by molar-refractivity contribution is 6.35. The maximum Gasteiger partial charge on any atom is 0.291 e. The van der Waals surface area contributed by atoms with Gasteiger partial charge in [-0.1, -0.05) is 23.2 Å². The number of phenols is 1. The lowest BCUT2D eigenvalue weighted by Crippen LogP contribution is -2.10. The molecule has 1 amide bonds. The molecule has 0 aliphatic rings. The number of ether oxygens (including phenoxy) is 1. The lowest BCUT2D eigenvalue weighted by Gasteiger charge is -2.06. The Hall–Kier alpha value is -2.63. The third-order valence-corrected chi connectivity index (χ3v) is 3.80. The number of carbonyl (C=O) groups excluding carboxylic acids is 1. The Bertz CT molecular complexity index is 890. The molecule has 0 unspecified atom stereocenters. The van der Waals surface area contributed by atoms with E-state index in [1.807, 2.05) is 0 Å². The van der Waals surface area contributed by atoms with Crippen LogP contribution in [-0.2, 0) is 6.61 Å². The summed E-state index contributed by atoms with van der Waals surface area (Å²) in [6.45, 7) is 0.119. The Labute approximate surface area is 153 Å². The summed E-state index contributed by atoms with van der Waals surface area (Å²) in [5.41, 5.74) is 0.546. The summed E-state index contributed by atoms with van der Waals surface area (Å²) in [6.07, 6.45) is 0. The predicted molar refractivity (Wildman–Crippen MR) is 95.6 cm³/mol. The molecule has 7 heteroatoms. The van der Waals surface area contributed by atoms with Gasteiger partial charge in [0.25, 0.3) is 5.91 Å². The van der Waals surface area contributed by atoms with Crippen LogP contribution in [0.1, 0.15) is 16.3 Å². The smallest absolute Gasteiger partial charge is 0.291 e. The number of benzene rings is 2. The maximum atomic E-state index is 12.1. The minimum absolute atomic E-state index is 0.119. The van der Waals surface area contributed by atoms with Crippen molar-refractivity contribution in [1.82, 2.24) is 0 Å². The normalized spacial score (nSPS) is 10.5. The molecular formula is C18H13Cl2NO4. The van der Waals surface area contributed by atoms with E-state index in [2.05, 4.69) is 5.32 Å². The van der Waals surface area contributed by atoms with E-state index in [0.29, 0.717) is 27.2 Å². The molecular weight excluding hydrogens is 365 g/mol. The van der Waals surface area contributed by atoms with E-state index < -0.39 is 5.91 Å². The van der Waals surface area contributed by atoms with Gasteiger partial charge in [0.05, 0.1) is 5.02 Å². The number of amides is 1. The Morgan fingerprint density at radius 3 is 2.56 bits per heavy atom. The molecule has 0 spiro atoms. The van der Waals surface area contributed by atoms with Crippen LogP contribution < -0.4 is 10.1 Å². The molecule has 2 aromatic carbocycles. The summed E-state index contributed by atoms with van der Waals surface area (Å²) in [5.74, 6) is 0.811. The van der Waals surface area contributed by atoms with E-state index >= 15 is 0 Å². The highest BCUT2D eigenvalue weighted by Crippen LogP contribution is 2.28. The van der Waals surface area contributed by atoms with Crippen molar-refractivity contribution in [3.05, 3.63) is 76.2 Å². The molecule has 0 radical (unpaired) electrons. The van der Waals surface area contributed by atoms with Gasteiger partial charge < -0.3 is 19.6 Å². The number of rotatable bonds is 5. The van der Waals surface area contributed by atoms with Crippen LogP contribution in [0.25, 0.3) is 0 Å². The third kappa shape index (κ3) is 4.47. The second-order valence-corrected chi connectivity index (χ2v) is 5.97. The molecule has 2 N–H and O–H groups in total. The molecule has 3 aromatic rings. The Morgan fingerprint density at radius 2 is 1.84 bits per heavy atom. The fraction of sp³-hybridized carbons (Fsp3) is 0.0556. The van der Waals surface area contributed by atoms with Gasteiger partial charge in [0.15, 0.2) is 5.76 Å². The van der Waals surface area contributed by atoms with Gasteiger partial charge in [0, 0.05) is 10.7 Å². The first-order valence-corrected chi connectivity index (χ1v) is 8.04. The van der Waals surface area contributed by atoms with Crippen LogP contribution >= 0.6 is 23.2 Å². The summed E-state index contributed by atoms with van der Waals surface area (Å²) in [6, 6.07) is 14.2. The Balaban J connectivity index is 1.61. The van der Waals surface area contributed by atoms with E-state index in [1.165, 1.54) is 12.1 Å². The van der Waals surface area contributed by atoms with E-state index in [-0.39, 0.29) is 18.1 Å². The van der Waals surface area contributed by atoms with Gasteiger partial charge in [-0.25, -0.2) is 0 Å². The summed E-state index contributed by atoms with van der Waals surface area (Å²) < 4.78 is 11.0. The number of carbonyl (C=O) groups is 1. The van der Waals surface area contributed by atoms with Crippen LogP contribution in [0.3, 0.4) is 0 Å². The van der Waals surface area contributed by atoms with Gasteiger partial charge in [0.2, 0.25) is 0 Å². The molecule has 1 heterocycles.